The van der Waals surface area contributed by atoms with Gasteiger partial charge in [-0.05, 0) is 61.7 Å². The van der Waals surface area contributed by atoms with E-state index in [0.29, 0.717) is 12.1 Å². The molecule has 7 heteroatoms. The van der Waals surface area contributed by atoms with E-state index in [2.05, 4.69) is 37.2 Å². The summed E-state index contributed by atoms with van der Waals surface area (Å²) in [5.41, 5.74) is 1.47. The average Bonchev–Trinajstić information content (AvgIpc) is 2.46. The molecule has 2 aromatic carbocycles. The molecule has 0 aliphatic carbocycles. The number of nitro benzene ring substituents is 1. The van der Waals surface area contributed by atoms with Gasteiger partial charge in [-0.25, -0.2) is 0 Å². The molecule has 0 bridgehead atoms. The minimum absolute atomic E-state index is 0.00691. The molecular weight excluding hydrogens is 404 g/mol. The Morgan fingerprint density at radius 1 is 1.14 bits per heavy atom. The van der Waals surface area contributed by atoms with E-state index in [1.54, 1.807) is 12.1 Å². The van der Waals surface area contributed by atoms with E-state index in [9.17, 15) is 15.2 Å². The zero-order chi connectivity index (χ0) is 15.4. The second kappa shape index (κ2) is 7.02. The lowest BCUT2D eigenvalue weighted by Crippen LogP contribution is -2.12. The highest BCUT2D eigenvalue weighted by Gasteiger charge is 2.12. The Balaban J connectivity index is 2.04. The summed E-state index contributed by atoms with van der Waals surface area (Å²) >= 11 is 6.86. The predicted molar refractivity (Wildman–Crippen MR) is 88.4 cm³/mol. The number of halogens is 2. The van der Waals surface area contributed by atoms with E-state index in [0.717, 1.165) is 14.6 Å². The summed E-state index contributed by atoms with van der Waals surface area (Å²) in [6, 6.07) is 11.6. The summed E-state index contributed by atoms with van der Waals surface area (Å²) in [6.07, 6.45) is -0.759. The fourth-order valence-corrected chi connectivity index (χ4v) is 3.08. The molecule has 2 N–H and O–H groups in total. The van der Waals surface area contributed by atoms with Gasteiger partial charge >= 0.3 is 0 Å². The van der Waals surface area contributed by atoms with Crippen molar-refractivity contribution in [3.05, 3.63) is 67.1 Å². The van der Waals surface area contributed by atoms with Gasteiger partial charge in [-0.2, -0.15) is 0 Å². The average molecular weight is 416 g/mol. The first-order valence-electron chi connectivity index (χ1n) is 6.09. The van der Waals surface area contributed by atoms with Crippen molar-refractivity contribution in [2.45, 2.75) is 6.10 Å². The first-order chi connectivity index (χ1) is 9.99. The van der Waals surface area contributed by atoms with Crippen LogP contribution in [0.2, 0.25) is 0 Å². The molecule has 0 amide bonds. The lowest BCUT2D eigenvalue weighted by atomic mass is 10.1. The van der Waals surface area contributed by atoms with Crippen LogP contribution in [0.1, 0.15) is 11.7 Å². The lowest BCUT2D eigenvalue weighted by molar-refractivity contribution is -0.384. The number of nitro groups is 1. The summed E-state index contributed by atoms with van der Waals surface area (Å²) in [5, 5.41) is 23.9. The maximum Gasteiger partial charge on any atom is 0.269 e. The topological polar surface area (TPSA) is 75.4 Å². The normalized spacial score (nSPS) is 12.0. The Morgan fingerprint density at radius 3 is 2.24 bits per heavy atom. The summed E-state index contributed by atoms with van der Waals surface area (Å²) < 4.78 is 1.76. The maximum atomic E-state index is 10.6. The number of aliphatic hydroxyl groups excluding tert-OH is 1. The van der Waals surface area contributed by atoms with Crippen molar-refractivity contribution >= 4 is 43.2 Å². The molecular formula is C14H12Br2N2O3. The van der Waals surface area contributed by atoms with E-state index in [-0.39, 0.29) is 5.69 Å². The van der Waals surface area contributed by atoms with Crippen LogP contribution in [-0.2, 0) is 0 Å². The fraction of sp³-hybridized carbons (Fsp3) is 0.143. The number of non-ortho nitro benzene ring substituents is 1. The zero-order valence-electron chi connectivity index (χ0n) is 10.8. The quantitative estimate of drug-likeness (QED) is 0.564. The Bertz CT molecular complexity index is 627. The van der Waals surface area contributed by atoms with E-state index >= 15 is 0 Å². The largest absolute Gasteiger partial charge is 0.387 e. The summed E-state index contributed by atoms with van der Waals surface area (Å²) in [7, 11) is 0. The molecule has 0 aliphatic heterocycles. The molecule has 0 radical (unpaired) electrons. The molecule has 2 rings (SSSR count). The Labute approximate surface area is 138 Å². The van der Waals surface area contributed by atoms with Gasteiger partial charge in [0.15, 0.2) is 0 Å². The Morgan fingerprint density at radius 2 is 1.71 bits per heavy atom. The standard InChI is InChI=1S/C14H12Br2N2O3/c15-11-2-1-3-12(16)14(11)17-8-13(19)9-4-6-10(7-5-9)18(20)21/h1-7,13,17,19H,8H2. The third kappa shape index (κ3) is 4.03. The van der Waals surface area contributed by atoms with Crippen LogP contribution >= 0.6 is 31.9 Å². The van der Waals surface area contributed by atoms with Crippen LogP contribution in [0.15, 0.2) is 51.4 Å². The summed E-state index contributed by atoms with van der Waals surface area (Å²) in [6.45, 7) is 0.291. The number of nitrogens with zero attached hydrogens (tertiary/aromatic N) is 1. The smallest absolute Gasteiger partial charge is 0.269 e. The molecule has 2 aromatic rings. The molecule has 0 spiro atoms. The van der Waals surface area contributed by atoms with Gasteiger partial charge in [-0.1, -0.05) is 6.07 Å². The third-order valence-corrected chi connectivity index (χ3v) is 4.25. The van der Waals surface area contributed by atoms with Crippen molar-refractivity contribution in [1.82, 2.24) is 0 Å². The molecule has 110 valence electrons. The van der Waals surface area contributed by atoms with Gasteiger partial charge in [0.25, 0.3) is 5.69 Å². The van der Waals surface area contributed by atoms with Crippen molar-refractivity contribution in [3.63, 3.8) is 0 Å². The first kappa shape index (κ1) is 15.9. The van der Waals surface area contributed by atoms with Gasteiger partial charge < -0.3 is 10.4 Å². The second-order valence-corrected chi connectivity index (χ2v) is 6.05. The Kier molecular flexibility index (Phi) is 5.33. The Hall–Kier alpha value is -1.44. The van der Waals surface area contributed by atoms with Crippen LogP contribution in [-0.4, -0.2) is 16.6 Å². The van der Waals surface area contributed by atoms with Crippen LogP contribution in [0, 0.1) is 10.1 Å². The van der Waals surface area contributed by atoms with E-state index in [1.807, 2.05) is 18.2 Å². The van der Waals surface area contributed by atoms with Gasteiger partial charge in [0.1, 0.15) is 0 Å². The van der Waals surface area contributed by atoms with E-state index in [1.165, 1.54) is 12.1 Å². The molecule has 0 saturated carbocycles. The highest BCUT2D eigenvalue weighted by atomic mass is 79.9. The number of para-hydroxylation sites is 1. The third-order valence-electron chi connectivity index (χ3n) is 2.92. The summed E-state index contributed by atoms with van der Waals surface area (Å²) in [4.78, 5) is 10.1. The van der Waals surface area contributed by atoms with Crippen molar-refractivity contribution < 1.29 is 10.0 Å². The number of anilines is 1. The molecule has 5 nitrogen and oxygen atoms in total. The highest BCUT2D eigenvalue weighted by Crippen LogP contribution is 2.31. The van der Waals surface area contributed by atoms with Crippen LogP contribution in [0.5, 0.6) is 0 Å². The van der Waals surface area contributed by atoms with Gasteiger partial charge in [0, 0.05) is 27.6 Å². The number of hydrogen-bond acceptors (Lipinski definition) is 4. The van der Waals surface area contributed by atoms with E-state index < -0.39 is 11.0 Å². The van der Waals surface area contributed by atoms with Crippen molar-refractivity contribution in [3.8, 4) is 0 Å². The number of rotatable bonds is 5. The minimum Gasteiger partial charge on any atom is -0.387 e. The number of nitrogens with one attached hydrogen (secondary N) is 1. The fourth-order valence-electron chi connectivity index (χ4n) is 1.80. The minimum atomic E-state index is -0.759. The van der Waals surface area contributed by atoms with Crippen molar-refractivity contribution in [2.75, 3.05) is 11.9 Å². The van der Waals surface area contributed by atoms with Crippen LogP contribution in [0.25, 0.3) is 0 Å². The molecule has 0 aliphatic rings. The first-order valence-corrected chi connectivity index (χ1v) is 7.68. The van der Waals surface area contributed by atoms with Crippen LogP contribution < -0.4 is 5.32 Å². The van der Waals surface area contributed by atoms with Crippen LogP contribution in [0.3, 0.4) is 0 Å². The molecule has 0 fully saturated rings. The molecule has 1 unspecified atom stereocenters. The molecule has 21 heavy (non-hydrogen) atoms. The number of aliphatic hydroxyl groups is 1. The highest BCUT2D eigenvalue weighted by molar-refractivity contribution is 9.11. The lowest BCUT2D eigenvalue weighted by Gasteiger charge is -2.15. The SMILES string of the molecule is O=[N+]([O-])c1ccc(C(O)CNc2c(Br)cccc2Br)cc1. The predicted octanol–water partition coefficient (Wildman–Crippen LogP) is 4.27. The zero-order valence-corrected chi connectivity index (χ0v) is 14.0. The van der Waals surface area contributed by atoms with E-state index in [4.69, 9.17) is 0 Å². The van der Waals surface area contributed by atoms with Gasteiger partial charge in [-0.15, -0.1) is 0 Å². The second-order valence-electron chi connectivity index (χ2n) is 4.34. The number of benzene rings is 2. The van der Waals surface area contributed by atoms with Gasteiger partial charge in [0.05, 0.1) is 16.7 Å². The number of hydrogen-bond donors (Lipinski definition) is 2. The van der Waals surface area contributed by atoms with Crippen molar-refractivity contribution in [1.29, 1.82) is 0 Å². The van der Waals surface area contributed by atoms with Gasteiger partial charge in [-0.3, -0.25) is 10.1 Å². The maximum absolute atomic E-state index is 10.6. The van der Waals surface area contributed by atoms with Crippen LogP contribution in [0.4, 0.5) is 11.4 Å². The molecule has 1 atom stereocenters. The monoisotopic (exact) mass is 414 g/mol. The van der Waals surface area contributed by atoms with Crippen molar-refractivity contribution in [2.24, 2.45) is 0 Å². The summed E-state index contributed by atoms with van der Waals surface area (Å²) in [5.74, 6) is 0. The molecule has 0 aromatic heterocycles. The molecule has 0 heterocycles. The molecule has 0 saturated heterocycles. The van der Waals surface area contributed by atoms with Gasteiger partial charge in [0.2, 0.25) is 0 Å².